The number of rotatable bonds is 4. The number of thioether (sulfide) groups is 1. The van der Waals surface area contributed by atoms with Crippen molar-refractivity contribution in [1.82, 2.24) is 14.8 Å². The molecule has 0 unspecified atom stereocenters. The van der Waals surface area contributed by atoms with Crippen LogP contribution in [-0.4, -0.2) is 58.5 Å². The van der Waals surface area contributed by atoms with E-state index in [9.17, 15) is 13.2 Å². The molecular weight excluding hydrogens is 387 g/mol. The van der Waals surface area contributed by atoms with Crippen molar-refractivity contribution in [2.45, 2.75) is 31.6 Å². The zero-order chi connectivity index (χ0) is 19.6. The number of oxazole rings is 1. The molecule has 0 amide bonds. The Balaban J connectivity index is 1.31. The van der Waals surface area contributed by atoms with Crippen LogP contribution in [0.3, 0.4) is 0 Å². The smallest absolute Gasteiger partial charge is 0.416 e. The second-order valence-corrected chi connectivity index (χ2v) is 8.58. The van der Waals surface area contributed by atoms with Gasteiger partial charge in [-0.3, -0.25) is 9.80 Å². The molecule has 0 radical (unpaired) electrons. The standard InChI is InChI=1S/C20H24F3N3OS/c21-20(22,23)16-3-1-15(2-4-16)18-14-27-19(24-18)13-25-7-5-17(6-8-25)26-9-11-28-12-10-26/h1-4,14,17H,5-13H2. The van der Waals surface area contributed by atoms with Crippen LogP contribution < -0.4 is 0 Å². The lowest BCUT2D eigenvalue weighted by molar-refractivity contribution is -0.137. The van der Waals surface area contributed by atoms with Gasteiger partial charge in [0.25, 0.3) is 0 Å². The summed E-state index contributed by atoms with van der Waals surface area (Å²) >= 11 is 2.04. The number of halogens is 3. The Morgan fingerprint density at radius 2 is 1.71 bits per heavy atom. The second-order valence-electron chi connectivity index (χ2n) is 7.36. The van der Waals surface area contributed by atoms with Gasteiger partial charge in [-0.05, 0) is 25.0 Å². The fourth-order valence-corrected chi connectivity index (χ4v) is 4.85. The average molecular weight is 411 g/mol. The summed E-state index contributed by atoms with van der Waals surface area (Å²) in [4.78, 5) is 9.44. The minimum Gasteiger partial charge on any atom is -0.447 e. The highest BCUT2D eigenvalue weighted by molar-refractivity contribution is 7.99. The van der Waals surface area contributed by atoms with Crippen LogP contribution >= 0.6 is 11.8 Å². The fraction of sp³-hybridized carbons (Fsp3) is 0.550. The van der Waals surface area contributed by atoms with Gasteiger partial charge in [-0.25, -0.2) is 4.98 Å². The molecule has 2 fully saturated rings. The summed E-state index contributed by atoms with van der Waals surface area (Å²) in [6, 6.07) is 5.71. The van der Waals surface area contributed by atoms with Crippen LogP contribution in [0.25, 0.3) is 11.3 Å². The number of hydrogen-bond donors (Lipinski definition) is 0. The number of aromatic nitrogens is 1. The fourth-order valence-electron chi connectivity index (χ4n) is 3.92. The van der Waals surface area contributed by atoms with E-state index >= 15 is 0 Å². The first-order valence-corrected chi connectivity index (χ1v) is 10.8. The van der Waals surface area contributed by atoms with E-state index in [2.05, 4.69) is 14.8 Å². The largest absolute Gasteiger partial charge is 0.447 e. The highest BCUT2D eigenvalue weighted by Crippen LogP contribution is 2.31. The molecule has 28 heavy (non-hydrogen) atoms. The molecule has 3 heterocycles. The SMILES string of the molecule is FC(F)(F)c1ccc(-c2coc(CN3CCC(N4CCSCC4)CC3)n2)cc1. The third-order valence-corrected chi connectivity index (χ3v) is 6.48. The lowest BCUT2D eigenvalue weighted by atomic mass is 10.0. The lowest BCUT2D eigenvalue weighted by Crippen LogP contribution is -2.47. The first kappa shape index (κ1) is 19.8. The monoisotopic (exact) mass is 411 g/mol. The normalized spacial score (nSPS) is 20.5. The van der Waals surface area contributed by atoms with Gasteiger partial charge >= 0.3 is 6.18 Å². The molecule has 8 heteroatoms. The molecule has 1 aromatic carbocycles. The molecular formula is C20H24F3N3OS. The van der Waals surface area contributed by atoms with Gasteiger partial charge in [0.05, 0.1) is 12.1 Å². The van der Waals surface area contributed by atoms with Gasteiger partial charge in [-0.2, -0.15) is 24.9 Å². The van der Waals surface area contributed by atoms with Gasteiger partial charge in [0.15, 0.2) is 0 Å². The summed E-state index contributed by atoms with van der Waals surface area (Å²) in [5.41, 5.74) is 0.546. The van der Waals surface area contributed by atoms with Crippen molar-refractivity contribution in [3.8, 4) is 11.3 Å². The molecule has 2 aliphatic heterocycles. The van der Waals surface area contributed by atoms with E-state index < -0.39 is 11.7 Å². The maximum atomic E-state index is 12.7. The van der Waals surface area contributed by atoms with Crippen LogP contribution in [0.4, 0.5) is 13.2 Å². The van der Waals surface area contributed by atoms with Gasteiger partial charge in [-0.15, -0.1) is 0 Å². The maximum absolute atomic E-state index is 12.7. The van der Waals surface area contributed by atoms with E-state index in [4.69, 9.17) is 4.42 Å². The minimum absolute atomic E-state index is 0.574. The van der Waals surface area contributed by atoms with Gasteiger partial charge in [0.1, 0.15) is 12.0 Å². The molecule has 0 aliphatic carbocycles. The topological polar surface area (TPSA) is 32.5 Å². The number of benzene rings is 1. The molecule has 152 valence electrons. The predicted octanol–water partition coefficient (Wildman–Crippen LogP) is 4.37. The molecule has 4 rings (SSSR count). The Hall–Kier alpha value is -1.51. The summed E-state index contributed by atoms with van der Waals surface area (Å²) in [7, 11) is 0. The quantitative estimate of drug-likeness (QED) is 0.746. The van der Waals surface area contributed by atoms with Crippen molar-refractivity contribution in [2.75, 3.05) is 37.7 Å². The summed E-state index contributed by atoms with van der Waals surface area (Å²) in [6.07, 6.45) is -0.475. The molecule has 2 saturated heterocycles. The van der Waals surface area contributed by atoms with Crippen molar-refractivity contribution in [3.05, 3.63) is 42.0 Å². The minimum atomic E-state index is -4.33. The molecule has 0 atom stereocenters. The van der Waals surface area contributed by atoms with E-state index in [1.807, 2.05) is 11.8 Å². The molecule has 0 saturated carbocycles. The summed E-state index contributed by atoms with van der Waals surface area (Å²) < 4.78 is 43.6. The molecule has 2 aromatic rings. The van der Waals surface area contributed by atoms with Crippen LogP contribution in [0.2, 0.25) is 0 Å². The first-order chi connectivity index (χ1) is 13.5. The number of nitrogens with zero attached hydrogens (tertiary/aromatic N) is 3. The first-order valence-electron chi connectivity index (χ1n) is 9.65. The number of piperidine rings is 1. The summed E-state index contributed by atoms with van der Waals surface area (Å²) in [6.45, 7) is 5.08. The van der Waals surface area contributed by atoms with Crippen LogP contribution in [0.1, 0.15) is 24.3 Å². The third kappa shape index (κ3) is 4.72. The molecule has 0 spiro atoms. The van der Waals surface area contributed by atoms with Crippen molar-refractivity contribution in [2.24, 2.45) is 0 Å². The number of hydrogen-bond acceptors (Lipinski definition) is 5. The highest BCUT2D eigenvalue weighted by atomic mass is 32.2. The molecule has 0 bridgehead atoms. The van der Waals surface area contributed by atoms with Gasteiger partial charge in [-0.1, -0.05) is 12.1 Å². The van der Waals surface area contributed by atoms with E-state index in [0.717, 1.165) is 38.1 Å². The van der Waals surface area contributed by atoms with Crippen molar-refractivity contribution >= 4 is 11.8 Å². The Labute approximate surface area is 167 Å². The Morgan fingerprint density at radius 3 is 2.36 bits per heavy atom. The van der Waals surface area contributed by atoms with Gasteiger partial charge in [0, 0.05) is 49.3 Å². The van der Waals surface area contributed by atoms with E-state index in [1.165, 1.54) is 43.0 Å². The van der Waals surface area contributed by atoms with Gasteiger partial charge < -0.3 is 4.42 Å². The van der Waals surface area contributed by atoms with Crippen LogP contribution in [0.5, 0.6) is 0 Å². The highest BCUT2D eigenvalue weighted by Gasteiger charge is 2.30. The van der Waals surface area contributed by atoms with E-state index in [1.54, 1.807) is 0 Å². The Morgan fingerprint density at radius 1 is 1.04 bits per heavy atom. The van der Waals surface area contributed by atoms with E-state index in [0.29, 0.717) is 29.7 Å². The summed E-state index contributed by atoms with van der Waals surface area (Å²) in [5, 5.41) is 0. The number of alkyl halides is 3. The van der Waals surface area contributed by atoms with Crippen molar-refractivity contribution in [3.63, 3.8) is 0 Å². The van der Waals surface area contributed by atoms with Gasteiger partial charge in [0.2, 0.25) is 5.89 Å². The molecule has 4 nitrogen and oxygen atoms in total. The van der Waals surface area contributed by atoms with Crippen molar-refractivity contribution in [1.29, 1.82) is 0 Å². The van der Waals surface area contributed by atoms with Crippen LogP contribution in [0, 0.1) is 0 Å². The zero-order valence-corrected chi connectivity index (χ0v) is 16.4. The van der Waals surface area contributed by atoms with Crippen LogP contribution in [0.15, 0.2) is 34.9 Å². The molecule has 1 aromatic heterocycles. The maximum Gasteiger partial charge on any atom is 0.416 e. The molecule has 2 aliphatic rings. The third-order valence-electron chi connectivity index (χ3n) is 5.54. The molecule has 0 N–H and O–H groups in total. The number of likely N-dealkylation sites (tertiary alicyclic amines) is 1. The second kappa shape index (κ2) is 8.47. The van der Waals surface area contributed by atoms with E-state index in [-0.39, 0.29) is 0 Å². The van der Waals surface area contributed by atoms with Crippen molar-refractivity contribution < 1.29 is 17.6 Å². The Kier molecular flexibility index (Phi) is 5.99. The van der Waals surface area contributed by atoms with Crippen LogP contribution in [-0.2, 0) is 12.7 Å². The zero-order valence-electron chi connectivity index (χ0n) is 15.6. The lowest BCUT2D eigenvalue weighted by Gasteiger charge is -2.39. The Bertz CT molecular complexity index is 764. The summed E-state index contributed by atoms with van der Waals surface area (Å²) in [5.74, 6) is 3.09. The predicted molar refractivity (Wildman–Crippen MR) is 104 cm³/mol. The average Bonchev–Trinajstić information content (AvgIpc) is 3.17.